The van der Waals surface area contributed by atoms with E-state index in [0.29, 0.717) is 38.1 Å². The summed E-state index contributed by atoms with van der Waals surface area (Å²) < 4.78 is 11.3. The lowest BCUT2D eigenvalue weighted by atomic mass is 10.2. The van der Waals surface area contributed by atoms with E-state index >= 15 is 0 Å². The Morgan fingerprint density at radius 2 is 1.50 bits per heavy atom. The van der Waals surface area contributed by atoms with Gasteiger partial charge in [0.15, 0.2) is 23.0 Å². The molecule has 0 spiro atoms. The number of ether oxygens (including phenoxy) is 2. The Morgan fingerprint density at radius 3 is 2.28 bits per heavy atom. The highest BCUT2D eigenvalue weighted by atomic mass is 35.5. The lowest BCUT2D eigenvalue weighted by Gasteiger charge is -2.23. The van der Waals surface area contributed by atoms with Crippen molar-refractivity contribution in [3.05, 3.63) is 44.4 Å². The minimum atomic E-state index is 0.252. The SMILES string of the molecule is Clc1cc(Cl)c2c(c1Cl)Oc1cccc(Cl)c1O2. The second-order valence-corrected chi connectivity index (χ2v) is 5.18. The standard InChI is InChI=1S/C12H4Cl4O2/c13-5-2-1-3-8-10(5)18-11-7(15)4-6(14)9(16)12(11)17-8/h1-4H. The zero-order valence-electron chi connectivity index (χ0n) is 8.64. The Balaban J connectivity index is 2.22. The second-order valence-electron chi connectivity index (χ2n) is 3.58. The minimum Gasteiger partial charge on any atom is -0.448 e. The monoisotopic (exact) mass is 320 g/mol. The number of hydrogen-bond acceptors (Lipinski definition) is 2. The Morgan fingerprint density at radius 1 is 0.722 bits per heavy atom. The molecule has 0 unspecified atom stereocenters. The molecule has 2 aromatic rings. The summed E-state index contributed by atoms with van der Waals surface area (Å²) >= 11 is 24.1. The van der Waals surface area contributed by atoms with E-state index in [-0.39, 0.29) is 5.02 Å². The van der Waals surface area contributed by atoms with Gasteiger partial charge >= 0.3 is 0 Å². The molecule has 1 aliphatic heterocycles. The highest BCUT2D eigenvalue weighted by Gasteiger charge is 2.27. The Kier molecular flexibility index (Phi) is 2.99. The van der Waals surface area contributed by atoms with Gasteiger partial charge in [-0.05, 0) is 18.2 Å². The topological polar surface area (TPSA) is 18.5 Å². The van der Waals surface area contributed by atoms with Gasteiger partial charge in [-0.15, -0.1) is 0 Å². The highest BCUT2D eigenvalue weighted by molar-refractivity contribution is 6.44. The molecule has 3 rings (SSSR count). The molecule has 2 nitrogen and oxygen atoms in total. The van der Waals surface area contributed by atoms with Crippen molar-refractivity contribution in [1.29, 1.82) is 0 Å². The summed E-state index contributed by atoms with van der Waals surface area (Å²) in [6.45, 7) is 0. The molecule has 1 heterocycles. The molecule has 2 aromatic carbocycles. The Bertz CT molecular complexity index is 655. The first-order valence-corrected chi connectivity index (χ1v) is 6.41. The molecule has 0 N–H and O–H groups in total. The first kappa shape index (κ1) is 12.2. The van der Waals surface area contributed by atoms with Crippen molar-refractivity contribution in [3.8, 4) is 23.0 Å². The first-order valence-electron chi connectivity index (χ1n) is 4.89. The van der Waals surface area contributed by atoms with Crippen LogP contribution in [0.4, 0.5) is 0 Å². The van der Waals surface area contributed by atoms with E-state index in [1.807, 2.05) is 0 Å². The van der Waals surface area contributed by atoms with Crippen LogP contribution in [0.2, 0.25) is 20.1 Å². The molecule has 0 aliphatic carbocycles. The number of fused-ring (bicyclic) bond motifs is 2. The van der Waals surface area contributed by atoms with Crippen LogP contribution in [0.5, 0.6) is 23.0 Å². The van der Waals surface area contributed by atoms with Crippen molar-refractivity contribution in [3.63, 3.8) is 0 Å². The molecular formula is C12H4Cl4O2. The van der Waals surface area contributed by atoms with Gasteiger partial charge in [-0.3, -0.25) is 0 Å². The van der Waals surface area contributed by atoms with Gasteiger partial charge in [0.05, 0.1) is 15.1 Å². The quantitative estimate of drug-likeness (QED) is 0.459. The maximum Gasteiger partial charge on any atom is 0.191 e. The fourth-order valence-corrected chi connectivity index (χ4v) is 2.49. The van der Waals surface area contributed by atoms with Crippen molar-refractivity contribution in [1.82, 2.24) is 0 Å². The van der Waals surface area contributed by atoms with Crippen LogP contribution in [0.1, 0.15) is 0 Å². The van der Waals surface area contributed by atoms with Crippen molar-refractivity contribution >= 4 is 46.4 Å². The van der Waals surface area contributed by atoms with Crippen LogP contribution in [0.25, 0.3) is 0 Å². The predicted molar refractivity (Wildman–Crippen MR) is 73.1 cm³/mol. The van der Waals surface area contributed by atoms with E-state index in [1.54, 1.807) is 18.2 Å². The largest absolute Gasteiger partial charge is 0.448 e. The molecule has 0 radical (unpaired) electrons. The lowest BCUT2D eigenvalue weighted by Crippen LogP contribution is -2.00. The molecule has 0 fully saturated rings. The third-order valence-electron chi connectivity index (χ3n) is 2.43. The molecule has 0 saturated heterocycles. The van der Waals surface area contributed by atoms with Crippen LogP contribution in [-0.4, -0.2) is 0 Å². The first-order chi connectivity index (χ1) is 8.58. The van der Waals surface area contributed by atoms with Gasteiger partial charge in [0.2, 0.25) is 0 Å². The summed E-state index contributed by atoms with van der Waals surface area (Å²) in [6.07, 6.45) is 0. The smallest absolute Gasteiger partial charge is 0.191 e. The Hall–Kier alpha value is -0.800. The zero-order chi connectivity index (χ0) is 12.9. The number of benzene rings is 2. The number of hydrogen-bond donors (Lipinski definition) is 0. The van der Waals surface area contributed by atoms with E-state index in [4.69, 9.17) is 55.9 Å². The molecule has 0 amide bonds. The molecule has 6 heteroatoms. The molecule has 92 valence electrons. The van der Waals surface area contributed by atoms with Crippen LogP contribution >= 0.6 is 46.4 Å². The molecule has 0 saturated carbocycles. The van der Waals surface area contributed by atoms with E-state index in [0.717, 1.165) is 0 Å². The average Bonchev–Trinajstić information content (AvgIpc) is 2.35. The summed E-state index contributed by atoms with van der Waals surface area (Å²) in [7, 11) is 0. The lowest BCUT2D eigenvalue weighted by molar-refractivity contribution is 0.360. The third kappa shape index (κ3) is 1.81. The van der Waals surface area contributed by atoms with Gasteiger partial charge in [-0.25, -0.2) is 0 Å². The maximum atomic E-state index is 6.06. The number of rotatable bonds is 0. The van der Waals surface area contributed by atoms with Crippen molar-refractivity contribution in [2.75, 3.05) is 0 Å². The van der Waals surface area contributed by atoms with E-state index in [2.05, 4.69) is 0 Å². The summed E-state index contributed by atoms with van der Waals surface area (Å²) in [5.74, 6) is 1.48. The average molecular weight is 322 g/mol. The fraction of sp³-hybridized carbons (Fsp3) is 0. The van der Waals surface area contributed by atoms with Gasteiger partial charge in [0.1, 0.15) is 5.02 Å². The van der Waals surface area contributed by atoms with Gasteiger partial charge in [0.25, 0.3) is 0 Å². The van der Waals surface area contributed by atoms with E-state index < -0.39 is 0 Å². The highest BCUT2D eigenvalue weighted by Crippen LogP contribution is 2.55. The van der Waals surface area contributed by atoms with Crippen LogP contribution in [0.3, 0.4) is 0 Å². The van der Waals surface area contributed by atoms with Gasteiger partial charge in [-0.2, -0.15) is 0 Å². The van der Waals surface area contributed by atoms with E-state index in [9.17, 15) is 0 Å². The molecule has 1 aliphatic rings. The number of halogens is 4. The van der Waals surface area contributed by atoms with Gasteiger partial charge in [-0.1, -0.05) is 52.5 Å². The van der Waals surface area contributed by atoms with Crippen LogP contribution in [-0.2, 0) is 0 Å². The van der Waals surface area contributed by atoms with Crippen molar-refractivity contribution < 1.29 is 9.47 Å². The molecule has 0 bridgehead atoms. The van der Waals surface area contributed by atoms with Crippen LogP contribution in [0, 0.1) is 0 Å². The van der Waals surface area contributed by atoms with E-state index in [1.165, 1.54) is 6.07 Å². The van der Waals surface area contributed by atoms with Crippen LogP contribution < -0.4 is 9.47 Å². The Labute approximate surface area is 123 Å². The van der Waals surface area contributed by atoms with Crippen LogP contribution in [0.15, 0.2) is 24.3 Å². The summed E-state index contributed by atoms with van der Waals surface area (Å²) in [4.78, 5) is 0. The van der Waals surface area contributed by atoms with Crippen molar-refractivity contribution in [2.45, 2.75) is 0 Å². The maximum absolute atomic E-state index is 6.06. The molecular weight excluding hydrogens is 318 g/mol. The summed E-state index contributed by atoms with van der Waals surface area (Å²) in [6, 6.07) is 6.65. The summed E-state index contributed by atoms with van der Waals surface area (Å²) in [5.41, 5.74) is 0. The molecule has 18 heavy (non-hydrogen) atoms. The van der Waals surface area contributed by atoms with Crippen molar-refractivity contribution in [2.24, 2.45) is 0 Å². The third-order valence-corrected chi connectivity index (χ3v) is 3.78. The predicted octanol–water partition coefficient (Wildman–Crippen LogP) is 6.20. The van der Waals surface area contributed by atoms with Gasteiger partial charge in [0, 0.05) is 0 Å². The second kappa shape index (κ2) is 4.39. The molecule has 0 atom stereocenters. The van der Waals surface area contributed by atoms with Gasteiger partial charge < -0.3 is 9.47 Å². The normalized spacial score (nSPS) is 12.2. The minimum absolute atomic E-state index is 0.252. The number of para-hydroxylation sites is 1. The fourth-order valence-electron chi connectivity index (χ4n) is 1.62. The molecule has 0 aromatic heterocycles. The summed E-state index contributed by atoms with van der Waals surface area (Å²) in [5, 5.41) is 1.29. The zero-order valence-corrected chi connectivity index (χ0v) is 11.7.